The van der Waals surface area contributed by atoms with Gasteiger partial charge in [0.05, 0.1) is 12.6 Å². The van der Waals surface area contributed by atoms with Crippen LogP contribution in [0.3, 0.4) is 0 Å². The Morgan fingerprint density at radius 3 is 2.52 bits per heavy atom. The van der Waals surface area contributed by atoms with Crippen LogP contribution in [0.5, 0.6) is 5.75 Å². The number of allylic oxidation sites excluding steroid dienone is 4. The zero-order valence-corrected chi connectivity index (χ0v) is 27.2. The molecule has 1 N–H and O–H groups in total. The molecule has 0 aromatic heterocycles. The summed E-state index contributed by atoms with van der Waals surface area (Å²) in [5.74, 6) is -0.00460. The first-order chi connectivity index (χ1) is 22.2. The van der Waals surface area contributed by atoms with E-state index in [0.29, 0.717) is 45.1 Å². The molecule has 4 aliphatic rings. The summed E-state index contributed by atoms with van der Waals surface area (Å²) in [7, 11) is 0. The maximum Gasteiger partial charge on any atom is 0.224 e. The molecule has 0 radical (unpaired) electrons. The number of carbonyl (C=O) groups excluding carboxylic acids is 4. The Balaban J connectivity index is 1.24. The standard InChI is InChI=1S/C40H47NO5/c1-25(2)32-24-38(44)34-23-31(22-33(34)37(43)21-28-16-17-46-39-11-7-6-10-30(39)19-28)29-14-12-27(18-29)13-15-36(42)35(41-40(32)45)20-26-8-4-3-5-9-26/h3-12,14,18,25,28-29,31-35H,13,15-17,19-24H2,1-2H3,(H,41,45)/t28?,29?,31-,32?,33?,34-,35-/m1/s1. The zero-order chi connectivity index (χ0) is 32.2. The number of amides is 1. The molecule has 1 fully saturated rings. The van der Waals surface area contributed by atoms with E-state index in [9.17, 15) is 19.2 Å². The smallest absolute Gasteiger partial charge is 0.224 e. The average molecular weight is 622 g/mol. The molecule has 6 nitrogen and oxygen atoms in total. The maximum atomic E-state index is 14.2. The van der Waals surface area contributed by atoms with Gasteiger partial charge in [-0.05, 0) is 79.4 Å². The molecule has 2 aliphatic carbocycles. The summed E-state index contributed by atoms with van der Waals surface area (Å²) in [6.45, 7) is 4.51. The van der Waals surface area contributed by atoms with Gasteiger partial charge in [-0.1, -0.05) is 86.2 Å². The van der Waals surface area contributed by atoms with Crippen molar-refractivity contribution < 1.29 is 23.9 Å². The lowest BCUT2D eigenvalue weighted by Gasteiger charge is -2.26. The summed E-state index contributed by atoms with van der Waals surface area (Å²) in [6, 6.07) is 17.2. The highest BCUT2D eigenvalue weighted by atomic mass is 16.5. The highest BCUT2D eigenvalue weighted by molar-refractivity contribution is 5.95. The number of Topliss-reactive ketones (excluding diaryl/α,β-unsaturated/α-hetero) is 3. The van der Waals surface area contributed by atoms with Crippen LogP contribution in [0.15, 0.2) is 78.4 Å². The number of hydrogen-bond acceptors (Lipinski definition) is 5. The summed E-state index contributed by atoms with van der Waals surface area (Å²) in [5, 5.41) is 3.07. The minimum atomic E-state index is -0.655. The predicted molar refractivity (Wildman–Crippen MR) is 178 cm³/mol. The lowest BCUT2D eigenvalue weighted by molar-refractivity contribution is -0.136. The van der Waals surface area contributed by atoms with E-state index in [2.05, 4.69) is 29.6 Å². The number of rotatable bonds is 6. The van der Waals surface area contributed by atoms with E-state index < -0.39 is 17.9 Å². The van der Waals surface area contributed by atoms with E-state index in [0.717, 1.165) is 35.3 Å². The Kier molecular flexibility index (Phi) is 10.0. The molecule has 242 valence electrons. The molecule has 46 heavy (non-hydrogen) atoms. The van der Waals surface area contributed by atoms with E-state index in [1.807, 2.05) is 62.4 Å². The second-order valence-electron chi connectivity index (χ2n) is 14.3. The van der Waals surface area contributed by atoms with Gasteiger partial charge < -0.3 is 10.1 Å². The lowest BCUT2D eigenvalue weighted by Crippen LogP contribution is -2.46. The molecule has 0 spiro atoms. The third-order valence-corrected chi connectivity index (χ3v) is 10.9. The second-order valence-corrected chi connectivity index (χ2v) is 14.3. The molecule has 6 heteroatoms. The molecule has 1 amide bonds. The van der Waals surface area contributed by atoms with Gasteiger partial charge in [0, 0.05) is 37.0 Å². The van der Waals surface area contributed by atoms with E-state index in [1.165, 1.54) is 0 Å². The molecule has 2 heterocycles. The van der Waals surface area contributed by atoms with Gasteiger partial charge in [-0.2, -0.15) is 0 Å². The molecule has 6 rings (SSSR count). The van der Waals surface area contributed by atoms with Gasteiger partial charge in [0.15, 0.2) is 5.78 Å². The molecule has 2 aromatic carbocycles. The van der Waals surface area contributed by atoms with Crippen molar-refractivity contribution >= 4 is 23.3 Å². The number of nitrogens with one attached hydrogen (secondary N) is 1. The topological polar surface area (TPSA) is 89.5 Å². The molecular formula is C40H47NO5. The van der Waals surface area contributed by atoms with Gasteiger partial charge >= 0.3 is 0 Å². The van der Waals surface area contributed by atoms with Gasteiger partial charge in [-0.25, -0.2) is 0 Å². The largest absolute Gasteiger partial charge is 0.493 e. The van der Waals surface area contributed by atoms with Gasteiger partial charge in [0.2, 0.25) is 5.91 Å². The number of hydrogen-bond donors (Lipinski definition) is 1. The van der Waals surface area contributed by atoms with Crippen molar-refractivity contribution in [1.29, 1.82) is 0 Å². The summed E-state index contributed by atoms with van der Waals surface area (Å²) in [5.41, 5.74) is 3.24. The van der Waals surface area contributed by atoms with Crippen molar-refractivity contribution in [1.82, 2.24) is 5.32 Å². The highest BCUT2D eigenvalue weighted by Gasteiger charge is 2.45. The van der Waals surface area contributed by atoms with E-state index in [4.69, 9.17) is 4.74 Å². The monoisotopic (exact) mass is 621 g/mol. The molecule has 2 aliphatic heterocycles. The fourth-order valence-electron chi connectivity index (χ4n) is 8.14. The number of ketones is 3. The Labute approximate surface area is 273 Å². The number of fused-ring (bicyclic) bond motifs is 5. The van der Waals surface area contributed by atoms with Crippen LogP contribution in [0.4, 0.5) is 0 Å². The van der Waals surface area contributed by atoms with Crippen LogP contribution in [0.2, 0.25) is 0 Å². The fraction of sp³-hybridized carbons (Fsp3) is 0.500. The normalized spacial score (nSPS) is 30.0. The quantitative estimate of drug-likeness (QED) is 0.390. The predicted octanol–water partition coefficient (Wildman–Crippen LogP) is 6.66. The first kappa shape index (κ1) is 32.2. The minimum absolute atomic E-state index is 0.0104. The van der Waals surface area contributed by atoms with Crippen LogP contribution < -0.4 is 10.1 Å². The van der Waals surface area contributed by atoms with E-state index >= 15 is 0 Å². The van der Waals surface area contributed by atoms with Crippen molar-refractivity contribution in [3.63, 3.8) is 0 Å². The van der Waals surface area contributed by atoms with Crippen LogP contribution in [0, 0.1) is 41.4 Å². The SMILES string of the molecule is CC(C)C1CC(=O)[C@@H]2C[C@@H](CC2C(=O)CC2CCOc3ccccc3C2)C2C=CC(=C2)CCC(=O)[C@@H](Cc2ccccc2)NC1=O. The lowest BCUT2D eigenvalue weighted by atomic mass is 9.79. The summed E-state index contributed by atoms with van der Waals surface area (Å²) in [4.78, 5) is 55.6. The van der Waals surface area contributed by atoms with Gasteiger partial charge in [0.1, 0.15) is 17.3 Å². The van der Waals surface area contributed by atoms with Gasteiger partial charge in [0.25, 0.3) is 0 Å². The molecule has 0 saturated heterocycles. The van der Waals surface area contributed by atoms with Crippen LogP contribution >= 0.6 is 0 Å². The molecule has 2 aromatic rings. The van der Waals surface area contributed by atoms with Crippen molar-refractivity contribution in [2.24, 2.45) is 41.4 Å². The molecule has 7 atom stereocenters. The summed E-state index contributed by atoms with van der Waals surface area (Å²) < 4.78 is 5.97. The molecule has 4 bridgehead atoms. The van der Waals surface area contributed by atoms with Crippen LogP contribution in [0.25, 0.3) is 0 Å². The zero-order valence-electron chi connectivity index (χ0n) is 27.2. The highest BCUT2D eigenvalue weighted by Crippen LogP contribution is 2.46. The van der Waals surface area contributed by atoms with Crippen molar-refractivity contribution in [3.05, 3.63) is 89.5 Å². The number of benzene rings is 2. The third kappa shape index (κ3) is 7.43. The van der Waals surface area contributed by atoms with Crippen molar-refractivity contribution in [2.75, 3.05) is 6.61 Å². The minimum Gasteiger partial charge on any atom is -0.493 e. The Bertz CT molecular complexity index is 1510. The van der Waals surface area contributed by atoms with E-state index in [1.54, 1.807) is 0 Å². The maximum absolute atomic E-state index is 14.2. The molecule has 4 unspecified atom stereocenters. The van der Waals surface area contributed by atoms with Crippen molar-refractivity contribution in [2.45, 2.75) is 77.7 Å². The van der Waals surface area contributed by atoms with Crippen LogP contribution in [-0.4, -0.2) is 35.9 Å². The first-order valence-electron chi connectivity index (χ1n) is 17.3. The van der Waals surface area contributed by atoms with Gasteiger partial charge in [-0.3, -0.25) is 19.2 Å². The second kappa shape index (κ2) is 14.3. The van der Waals surface area contributed by atoms with Crippen LogP contribution in [-0.2, 0) is 32.0 Å². The summed E-state index contributed by atoms with van der Waals surface area (Å²) in [6.07, 6.45) is 11.4. The average Bonchev–Trinajstić information content (AvgIpc) is 3.65. The van der Waals surface area contributed by atoms with E-state index in [-0.39, 0.29) is 59.3 Å². The van der Waals surface area contributed by atoms with Gasteiger partial charge in [-0.15, -0.1) is 0 Å². The first-order valence-corrected chi connectivity index (χ1v) is 17.3. The van der Waals surface area contributed by atoms with Crippen molar-refractivity contribution in [3.8, 4) is 5.75 Å². The summed E-state index contributed by atoms with van der Waals surface area (Å²) >= 11 is 0. The Hall–Kier alpha value is -3.80. The molecule has 1 saturated carbocycles. The third-order valence-electron chi connectivity index (χ3n) is 10.9. The number of carbonyl (C=O) groups is 4. The Morgan fingerprint density at radius 1 is 0.935 bits per heavy atom. The number of ether oxygens (including phenoxy) is 1. The fourth-order valence-corrected chi connectivity index (χ4v) is 8.14. The molecular weight excluding hydrogens is 574 g/mol. The Morgan fingerprint density at radius 2 is 1.72 bits per heavy atom. The number of para-hydroxylation sites is 1. The van der Waals surface area contributed by atoms with Crippen LogP contribution in [0.1, 0.15) is 69.9 Å².